The maximum Gasteiger partial charge on any atom is 0.341 e. The summed E-state index contributed by atoms with van der Waals surface area (Å²) in [6.45, 7) is 4.96. The van der Waals surface area contributed by atoms with Gasteiger partial charge in [0.25, 0.3) is 0 Å². The molecule has 12 heteroatoms. The Morgan fingerprint density at radius 2 is 1.47 bits per heavy atom. The van der Waals surface area contributed by atoms with E-state index in [-0.39, 0.29) is 24.9 Å². The van der Waals surface area contributed by atoms with Crippen LogP contribution in [-0.2, 0) is 20.6 Å². The Bertz CT molecular complexity index is 1660. The number of para-hydroxylation sites is 1. The number of amides is 1. The molecule has 51 heavy (non-hydrogen) atoms. The van der Waals surface area contributed by atoms with Crippen molar-refractivity contribution in [2.45, 2.75) is 77.9 Å². The molecule has 0 spiro atoms. The summed E-state index contributed by atoms with van der Waals surface area (Å²) < 4.78 is 27.5. The lowest BCUT2D eigenvalue weighted by Crippen LogP contribution is -2.32. The molecule has 11 nitrogen and oxygen atoms in total. The fraction of sp³-hybridized carbons (Fsp3) is 0.385. The Hall–Kier alpha value is -4.57. The fourth-order valence-corrected chi connectivity index (χ4v) is 6.29. The second-order valence-corrected chi connectivity index (χ2v) is 13.8. The predicted molar refractivity (Wildman–Crippen MR) is 208 cm³/mol. The van der Waals surface area contributed by atoms with Crippen LogP contribution in [0.15, 0.2) is 116 Å². The number of nitrogens with one attached hydrogen (secondary N) is 2. The number of nitrogens with two attached hydrogens (primary N) is 1. The lowest BCUT2D eigenvalue weighted by Gasteiger charge is -2.23. The molecule has 0 fully saturated rings. The van der Waals surface area contributed by atoms with Crippen molar-refractivity contribution in [3.05, 3.63) is 116 Å². The van der Waals surface area contributed by atoms with Crippen molar-refractivity contribution in [1.82, 2.24) is 29.9 Å². The number of ether oxygens (including phenoxy) is 1. The first kappa shape index (κ1) is 40.9. The van der Waals surface area contributed by atoms with Crippen molar-refractivity contribution >= 4 is 30.4 Å². The van der Waals surface area contributed by atoms with E-state index in [0.29, 0.717) is 48.7 Å². The summed E-state index contributed by atoms with van der Waals surface area (Å²) in [4.78, 5) is 24.9. The Labute approximate surface area is 303 Å². The average Bonchev–Trinajstić information content (AvgIpc) is 3.54. The van der Waals surface area contributed by atoms with Gasteiger partial charge in [-0.1, -0.05) is 98.0 Å². The van der Waals surface area contributed by atoms with Crippen LogP contribution in [-0.4, -0.2) is 51.0 Å². The number of rotatable bonds is 25. The number of carbonyl (C=O) groups is 1. The van der Waals surface area contributed by atoms with Crippen LogP contribution in [0.1, 0.15) is 65.2 Å². The van der Waals surface area contributed by atoms with E-state index in [1.165, 1.54) is 6.33 Å². The minimum absolute atomic E-state index is 0.0722. The van der Waals surface area contributed by atoms with Crippen molar-refractivity contribution < 1.29 is 18.6 Å². The molecule has 0 bridgehead atoms. The van der Waals surface area contributed by atoms with Crippen LogP contribution in [0.2, 0.25) is 0 Å². The van der Waals surface area contributed by atoms with Gasteiger partial charge in [0.15, 0.2) is 11.5 Å². The molecule has 1 aromatic carbocycles. The summed E-state index contributed by atoms with van der Waals surface area (Å²) in [6, 6.07) is 8.93. The molecule has 0 aliphatic rings. The lowest BCUT2D eigenvalue weighted by atomic mass is 10.2. The number of imidazole rings is 1. The molecule has 2 aromatic heterocycles. The van der Waals surface area contributed by atoms with Gasteiger partial charge < -0.3 is 24.9 Å². The van der Waals surface area contributed by atoms with Crippen LogP contribution in [0.5, 0.6) is 5.75 Å². The highest BCUT2D eigenvalue weighted by Gasteiger charge is 2.26. The van der Waals surface area contributed by atoms with Gasteiger partial charge in [-0.05, 0) is 64.0 Å². The number of nitrogen functional groups attached to an aromatic ring is 1. The van der Waals surface area contributed by atoms with Crippen LogP contribution in [0.4, 0.5) is 5.82 Å². The number of hydrogen-bond donors (Lipinski definition) is 3. The Morgan fingerprint density at radius 1 is 0.863 bits per heavy atom. The van der Waals surface area contributed by atoms with Gasteiger partial charge in [-0.25, -0.2) is 20.0 Å². The van der Waals surface area contributed by atoms with E-state index in [1.54, 1.807) is 30.6 Å². The van der Waals surface area contributed by atoms with Gasteiger partial charge in [-0.3, -0.25) is 9.36 Å². The van der Waals surface area contributed by atoms with Crippen LogP contribution >= 0.6 is 7.52 Å². The zero-order chi connectivity index (χ0) is 36.4. The third kappa shape index (κ3) is 17.3. The Kier molecular flexibility index (Phi) is 19.7. The van der Waals surface area contributed by atoms with Gasteiger partial charge in [0, 0.05) is 19.5 Å². The summed E-state index contributed by atoms with van der Waals surface area (Å²) in [5.41, 5.74) is 7.01. The van der Waals surface area contributed by atoms with Gasteiger partial charge >= 0.3 is 7.52 Å². The van der Waals surface area contributed by atoms with Crippen molar-refractivity contribution in [3.8, 4) is 5.75 Å². The molecule has 0 aliphatic carbocycles. The van der Waals surface area contributed by atoms with E-state index < -0.39 is 7.52 Å². The molecule has 0 saturated heterocycles. The highest BCUT2D eigenvalue weighted by Crippen LogP contribution is 2.43. The zero-order valence-electron chi connectivity index (χ0n) is 30.0. The number of carbonyl (C=O) groups excluding carboxylic acids is 1. The molecule has 1 unspecified atom stereocenters. The third-order valence-electron chi connectivity index (χ3n) is 7.34. The Morgan fingerprint density at radius 3 is 2.10 bits per heavy atom. The number of allylic oxidation sites excluding steroid dienone is 12. The number of anilines is 1. The zero-order valence-corrected chi connectivity index (χ0v) is 30.9. The molecular weight excluding hydrogens is 661 g/mol. The van der Waals surface area contributed by atoms with Crippen molar-refractivity contribution in [3.63, 3.8) is 0 Å². The van der Waals surface area contributed by atoms with E-state index in [4.69, 9.17) is 15.0 Å². The van der Waals surface area contributed by atoms with Gasteiger partial charge in [0.1, 0.15) is 23.9 Å². The highest BCUT2D eigenvalue weighted by atomic mass is 31.2. The molecule has 0 radical (unpaired) electrons. The van der Waals surface area contributed by atoms with E-state index in [9.17, 15) is 9.36 Å². The van der Waals surface area contributed by atoms with Crippen LogP contribution in [0.25, 0.3) is 11.2 Å². The highest BCUT2D eigenvalue weighted by molar-refractivity contribution is 7.57. The summed E-state index contributed by atoms with van der Waals surface area (Å²) in [6.07, 6.45) is 35.2. The number of hydrogen-bond acceptors (Lipinski definition) is 8. The second kappa shape index (κ2) is 24.6. The predicted octanol–water partition coefficient (Wildman–Crippen LogP) is 8.23. The first-order valence-electron chi connectivity index (χ1n) is 17.7. The fourth-order valence-electron chi connectivity index (χ4n) is 4.71. The molecule has 3 rings (SSSR count). The van der Waals surface area contributed by atoms with Crippen molar-refractivity contribution in [2.75, 3.05) is 25.2 Å². The summed E-state index contributed by atoms with van der Waals surface area (Å²) in [7, 11) is -3.48. The number of nitrogens with zero attached hydrogens (tertiary/aromatic N) is 4. The van der Waals surface area contributed by atoms with Gasteiger partial charge in [-0.15, -0.1) is 0 Å². The standard InChI is InChI=1S/C39H54N7O4P/c1-3-4-5-6-7-8-9-10-11-12-13-14-15-16-17-18-19-20-24-27-36(47)41-28-29-45-51(48,50-35-25-22-21-23-26-35)33-49-34(2)30-46-32-44-37-38(40)42-31-43-39(37)46/h4-5,7-8,10-11,13-14,16-17,19-23,25-26,31-32,34H,3,6,9,12,15,18,24,27-30,33H2,1-2H3,(H,41,47)(H,45,48)(H2,40,42,43)/t34-,51?/m1/s1. The van der Waals surface area contributed by atoms with Crippen LogP contribution < -0.4 is 20.7 Å². The molecule has 4 N–H and O–H groups in total. The largest absolute Gasteiger partial charge is 0.431 e. The molecule has 2 heterocycles. The van der Waals surface area contributed by atoms with Crippen LogP contribution in [0.3, 0.4) is 0 Å². The topological polar surface area (TPSA) is 146 Å². The molecule has 0 aliphatic heterocycles. The van der Waals surface area contributed by atoms with Gasteiger partial charge in [-0.2, -0.15) is 0 Å². The number of benzene rings is 1. The smallest absolute Gasteiger partial charge is 0.341 e. The maximum absolute atomic E-state index is 13.8. The monoisotopic (exact) mass is 715 g/mol. The quantitative estimate of drug-likeness (QED) is 0.0449. The second-order valence-electron chi connectivity index (χ2n) is 11.7. The molecule has 2 atom stereocenters. The van der Waals surface area contributed by atoms with Gasteiger partial charge in [0.2, 0.25) is 5.91 Å². The molecule has 3 aromatic rings. The van der Waals surface area contributed by atoms with Crippen LogP contribution in [0, 0.1) is 0 Å². The number of fused-ring (bicyclic) bond motifs is 1. The molecule has 0 saturated carbocycles. The van der Waals surface area contributed by atoms with Crippen molar-refractivity contribution in [2.24, 2.45) is 0 Å². The minimum Gasteiger partial charge on any atom is -0.431 e. The summed E-state index contributed by atoms with van der Waals surface area (Å²) >= 11 is 0. The first-order valence-corrected chi connectivity index (χ1v) is 19.5. The van der Waals surface area contributed by atoms with Crippen molar-refractivity contribution in [1.29, 1.82) is 0 Å². The SMILES string of the molecule is CCC=CCC=CCC=CCC=CCC=CCC=CCCC(=O)NCCNP(=O)(CO[C@H](C)Cn1cnc2c(N)ncnc21)Oc1ccccc1. The molecular formula is C39H54N7O4P. The normalized spacial score (nSPS) is 14.2. The van der Waals surface area contributed by atoms with E-state index >= 15 is 0 Å². The minimum atomic E-state index is -3.48. The summed E-state index contributed by atoms with van der Waals surface area (Å²) in [5.74, 6) is 0.688. The maximum atomic E-state index is 13.8. The van der Waals surface area contributed by atoms with E-state index in [0.717, 1.165) is 38.5 Å². The number of aromatic nitrogens is 4. The van der Waals surface area contributed by atoms with E-state index in [1.807, 2.05) is 23.6 Å². The average molecular weight is 716 g/mol. The van der Waals surface area contributed by atoms with E-state index in [2.05, 4.69) is 99.1 Å². The third-order valence-corrected chi connectivity index (χ3v) is 9.04. The lowest BCUT2D eigenvalue weighted by molar-refractivity contribution is -0.120. The molecule has 274 valence electrons. The summed E-state index contributed by atoms with van der Waals surface area (Å²) in [5, 5.41) is 5.86. The molecule has 1 amide bonds. The first-order chi connectivity index (χ1) is 24.9. The Balaban J connectivity index is 1.30. The van der Waals surface area contributed by atoms with Gasteiger partial charge in [0.05, 0.1) is 19.0 Å².